The Morgan fingerprint density at radius 1 is 1.12 bits per heavy atom. The normalized spacial score (nSPS) is 12.4. The first-order valence-electron chi connectivity index (χ1n) is 8.23. The van der Waals surface area contributed by atoms with Crippen LogP contribution in [0.15, 0.2) is 53.7 Å². The number of hydrogen-bond acceptors (Lipinski definition) is 5. The van der Waals surface area contributed by atoms with Crippen LogP contribution in [-0.2, 0) is 21.0 Å². The van der Waals surface area contributed by atoms with E-state index in [0.29, 0.717) is 0 Å². The molecule has 0 radical (unpaired) electrons. The number of ether oxygens (including phenoxy) is 2. The van der Waals surface area contributed by atoms with Crippen molar-refractivity contribution in [3.8, 4) is 5.75 Å². The highest BCUT2D eigenvalue weighted by molar-refractivity contribution is 5.98. The fraction of sp³-hybridized carbons (Fsp3) is 0.300. The van der Waals surface area contributed by atoms with Crippen LogP contribution in [0, 0.1) is 0 Å². The smallest absolute Gasteiger partial charge is 0.253 e. The zero-order chi connectivity index (χ0) is 18.9. The van der Waals surface area contributed by atoms with Crippen LogP contribution < -0.4 is 10.1 Å². The number of nitrogens with one attached hydrogen (secondary N) is 1. The molecule has 2 aromatic carbocycles. The maximum atomic E-state index is 12.0. The molecule has 0 saturated carbocycles. The summed E-state index contributed by atoms with van der Waals surface area (Å²) in [6.45, 7) is 2.11. The monoisotopic (exact) mass is 356 g/mol. The minimum Gasteiger partial charge on any atom is -0.497 e. The highest BCUT2D eigenvalue weighted by Gasteiger charge is 2.21. The van der Waals surface area contributed by atoms with Crippen molar-refractivity contribution in [2.24, 2.45) is 5.16 Å². The highest BCUT2D eigenvalue weighted by atomic mass is 16.6. The van der Waals surface area contributed by atoms with E-state index in [4.69, 9.17) is 14.3 Å². The lowest BCUT2D eigenvalue weighted by Gasteiger charge is -2.17. The van der Waals surface area contributed by atoms with Gasteiger partial charge in [-0.05, 0) is 47.9 Å². The van der Waals surface area contributed by atoms with Crippen LogP contribution >= 0.6 is 0 Å². The number of oxime groups is 1. The maximum absolute atomic E-state index is 12.0. The third-order valence-corrected chi connectivity index (χ3v) is 3.99. The molecule has 0 aromatic heterocycles. The number of benzene rings is 2. The highest BCUT2D eigenvalue weighted by Crippen LogP contribution is 2.22. The molecule has 1 amide bonds. The molecule has 0 aliphatic carbocycles. The van der Waals surface area contributed by atoms with Crippen LogP contribution in [-0.4, -0.2) is 32.9 Å². The quantitative estimate of drug-likeness (QED) is 0.583. The molecule has 0 bridgehead atoms. The largest absolute Gasteiger partial charge is 0.497 e. The molecule has 0 spiro atoms. The average Bonchev–Trinajstić information content (AvgIpc) is 2.69. The minimum atomic E-state index is -0.688. The first-order chi connectivity index (χ1) is 12.6. The number of rotatable bonds is 8. The van der Waals surface area contributed by atoms with Crippen molar-refractivity contribution in [3.05, 3.63) is 65.2 Å². The predicted molar refractivity (Wildman–Crippen MR) is 100 cm³/mol. The molecule has 0 aliphatic rings. The van der Waals surface area contributed by atoms with Crippen LogP contribution in [0.3, 0.4) is 0 Å². The molecule has 2 rings (SSSR count). The average molecular weight is 356 g/mol. The molecule has 2 aromatic rings. The Morgan fingerprint density at radius 3 is 2.42 bits per heavy atom. The Labute approximate surface area is 153 Å². The van der Waals surface area contributed by atoms with E-state index in [9.17, 15) is 4.79 Å². The van der Waals surface area contributed by atoms with E-state index in [2.05, 4.69) is 10.5 Å². The number of carbonyl (C=O) groups excluding carboxylic acids is 1. The fourth-order valence-electron chi connectivity index (χ4n) is 2.51. The van der Waals surface area contributed by atoms with Crippen molar-refractivity contribution in [1.29, 1.82) is 0 Å². The van der Waals surface area contributed by atoms with Crippen molar-refractivity contribution in [1.82, 2.24) is 5.32 Å². The van der Waals surface area contributed by atoms with Gasteiger partial charge in [-0.15, -0.1) is 0 Å². The van der Waals surface area contributed by atoms with Gasteiger partial charge in [0, 0.05) is 14.2 Å². The van der Waals surface area contributed by atoms with Crippen molar-refractivity contribution < 1.29 is 19.1 Å². The van der Waals surface area contributed by atoms with Crippen LogP contribution in [0.25, 0.3) is 0 Å². The third kappa shape index (κ3) is 4.83. The standard InChI is InChI=1S/C20H24N2O4/c1-14(15-9-11-17(24-3)12-10-15)22-26-13-16-7-5-6-8-18(16)19(25-4)20(23)21-2/h5-12,19H,13H2,1-4H3,(H,21,23)/b22-14+. The van der Waals surface area contributed by atoms with Gasteiger partial charge in [0.15, 0.2) is 6.10 Å². The van der Waals surface area contributed by atoms with Crippen LogP contribution in [0.4, 0.5) is 0 Å². The van der Waals surface area contributed by atoms with E-state index in [0.717, 1.165) is 28.2 Å². The molecular weight excluding hydrogens is 332 g/mol. The van der Waals surface area contributed by atoms with Gasteiger partial charge in [-0.25, -0.2) is 0 Å². The zero-order valence-electron chi connectivity index (χ0n) is 15.5. The van der Waals surface area contributed by atoms with E-state index in [1.54, 1.807) is 14.2 Å². The summed E-state index contributed by atoms with van der Waals surface area (Å²) in [6, 6.07) is 15.1. The number of hydrogen-bond donors (Lipinski definition) is 1. The SMILES string of the molecule is CNC(=O)C(OC)c1ccccc1CO/N=C(\C)c1ccc(OC)cc1. The topological polar surface area (TPSA) is 69.2 Å². The van der Waals surface area contributed by atoms with Gasteiger partial charge in [0.2, 0.25) is 0 Å². The number of carbonyl (C=O) groups is 1. The van der Waals surface area contributed by atoms with Gasteiger partial charge in [-0.3, -0.25) is 4.79 Å². The van der Waals surface area contributed by atoms with Crippen molar-refractivity contribution in [2.45, 2.75) is 19.6 Å². The maximum Gasteiger partial charge on any atom is 0.253 e. The van der Waals surface area contributed by atoms with E-state index < -0.39 is 6.10 Å². The summed E-state index contributed by atoms with van der Waals surface area (Å²) >= 11 is 0. The number of nitrogens with zero attached hydrogens (tertiary/aromatic N) is 1. The van der Waals surface area contributed by atoms with Crippen molar-refractivity contribution >= 4 is 11.6 Å². The van der Waals surface area contributed by atoms with E-state index in [1.165, 1.54) is 7.11 Å². The Hall–Kier alpha value is -2.86. The molecule has 0 fully saturated rings. The second kappa shape index (κ2) is 9.58. The van der Waals surface area contributed by atoms with Gasteiger partial charge in [-0.1, -0.05) is 29.4 Å². The molecule has 1 N–H and O–H groups in total. The molecule has 0 heterocycles. The van der Waals surface area contributed by atoms with E-state index in [-0.39, 0.29) is 12.5 Å². The number of methoxy groups -OCH3 is 2. The summed E-state index contributed by atoms with van der Waals surface area (Å²) in [6.07, 6.45) is -0.688. The molecule has 1 atom stereocenters. The lowest BCUT2D eigenvalue weighted by atomic mass is 10.0. The van der Waals surface area contributed by atoms with Gasteiger partial charge >= 0.3 is 0 Å². The first-order valence-corrected chi connectivity index (χ1v) is 8.23. The Morgan fingerprint density at radius 2 is 1.81 bits per heavy atom. The predicted octanol–water partition coefficient (Wildman–Crippen LogP) is 3.07. The first kappa shape index (κ1) is 19.5. The molecule has 6 nitrogen and oxygen atoms in total. The lowest BCUT2D eigenvalue weighted by Crippen LogP contribution is -2.27. The summed E-state index contributed by atoms with van der Waals surface area (Å²) in [4.78, 5) is 17.5. The summed E-state index contributed by atoms with van der Waals surface area (Å²) in [5, 5.41) is 6.78. The molecule has 6 heteroatoms. The van der Waals surface area contributed by atoms with Crippen LogP contribution in [0.5, 0.6) is 5.75 Å². The Kier molecular flexibility index (Phi) is 7.17. The summed E-state index contributed by atoms with van der Waals surface area (Å²) in [7, 11) is 4.71. The second-order valence-corrected chi connectivity index (χ2v) is 5.61. The van der Waals surface area contributed by atoms with Gasteiger partial charge in [0.25, 0.3) is 5.91 Å². The zero-order valence-corrected chi connectivity index (χ0v) is 15.5. The Bertz CT molecular complexity index is 757. The van der Waals surface area contributed by atoms with Crippen LogP contribution in [0.1, 0.15) is 29.7 Å². The van der Waals surface area contributed by atoms with Crippen molar-refractivity contribution in [2.75, 3.05) is 21.3 Å². The lowest BCUT2D eigenvalue weighted by molar-refractivity contribution is -0.130. The molecule has 138 valence electrons. The van der Waals surface area contributed by atoms with E-state index in [1.807, 2.05) is 55.5 Å². The van der Waals surface area contributed by atoms with Gasteiger partial charge in [-0.2, -0.15) is 0 Å². The van der Waals surface area contributed by atoms with Crippen molar-refractivity contribution in [3.63, 3.8) is 0 Å². The van der Waals surface area contributed by atoms with Crippen LogP contribution in [0.2, 0.25) is 0 Å². The molecular formula is C20H24N2O4. The van der Waals surface area contributed by atoms with Gasteiger partial charge < -0.3 is 19.6 Å². The number of amides is 1. The van der Waals surface area contributed by atoms with E-state index >= 15 is 0 Å². The fourth-order valence-corrected chi connectivity index (χ4v) is 2.51. The van der Waals surface area contributed by atoms with Gasteiger partial charge in [0.1, 0.15) is 12.4 Å². The number of likely N-dealkylation sites (N-methyl/N-ethyl adjacent to an activating group) is 1. The van der Waals surface area contributed by atoms with Gasteiger partial charge in [0.05, 0.1) is 12.8 Å². The Balaban J connectivity index is 2.10. The molecule has 1 unspecified atom stereocenters. The summed E-state index contributed by atoms with van der Waals surface area (Å²) < 4.78 is 10.5. The summed E-state index contributed by atoms with van der Waals surface area (Å²) in [5.41, 5.74) is 3.29. The molecule has 0 aliphatic heterocycles. The summed E-state index contributed by atoms with van der Waals surface area (Å²) in [5.74, 6) is 0.578. The second-order valence-electron chi connectivity index (χ2n) is 5.61. The minimum absolute atomic E-state index is 0.210. The molecule has 0 saturated heterocycles. The molecule has 26 heavy (non-hydrogen) atoms. The third-order valence-electron chi connectivity index (χ3n) is 3.99.